The Hall–Kier alpha value is -3.23. The molecule has 0 aliphatic carbocycles. The Bertz CT molecular complexity index is 977. The van der Waals surface area contributed by atoms with Crippen LogP contribution in [0.3, 0.4) is 0 Å². The lowest BCUT2D eigenvalue weighted by Gasteiger charge is -2.19. The van der Waals surface area contributed by atoms with Crippen molar-refractivity contribution in [3.05, 3.63) is 40.4 Å². The molecule has 0 saturated carbocycles. The highest BCUT2D eigenvalue weighted by Crippen LogP contribution is 2.32. The van der Waals surface area contributed by atoms with E-state index < -0.39 is 11.8 Å². The van der Waals surface area contributed by atoms with E-state index in [0.717, 1.165) is 4.90 Å². The molecule has 2 aliphatic rings. The maximum absolute atomic E-state index is 12.3. The SMILES string of the molecule is CN1C(=O)[C@H]2CN(C(=O)NCCc3nc4ccccc4c(=O)[nH]3)C[C@H]2C1=O. The van der Waals surface area contributed by atoms with Crippen LogP contribution >= 0.6 is 0 Å². The number of nitrogens with zero attached hydrogens (tertiary/aromatic N) is 3. The average molecular weight is 369 g/mol. The van der Waals surface area contributed by atoms with E-state index in [-0.39, 0.29) is 43.0 Å². The van der Waals surface area contributed by atoms with Crippen molar-refractivity contribution in [3.63, 3.8) is 0 Å². The molecule has 9 heteroatoms. The Labute approximate surface area is 154 Å². The highest BCUT2D eigenvalue weighted by molar-refractivity contribution is 6.06. The molecule has 2 saturated heterocycles. The number of para-hydroxylation sites is 1. The molecule has 0 radical (unpaired) electrons. The second kappa shape index (κ2) is 6.49. The molecule has 0 bridgehead atoms. The third-order valence-electron chi connectivity index (χ3n) is 5.20. The molecule has 1 aromatic carbocycles. The molecule has 2 aliphatic heterocycles. The van der Waals surface area contributed by atoms with Crippen molar-refractivity contribution >= 4 is 28.7 Å². The van der Waals surface area contributed by atoms with Gasteiger partial charge in [-0.2, -0.15) is 0 Å². The number of imide groups is 1. The molecule has 4 rings (SSSR count). The molecule has 0 unspecified atom stereocenters. The number of benzene rings is 1. The molecule has 2 N–H and O–H groups in total. The van der Waals surface area contributed by atoms with Crippen LogP contribution in [0.1, 0.15) is 5.82 Å². The van der Waals surface area contributed by atoms with Crippen LogP contribution in [0.15, 0.2) is 29.1 Å². The Kier molecular flexibility index (Phi) is 4.14. The van der Waals surface area contributed by atoms with E-state index in [1.165, 1.54) is 11.9 Å². The van der Waals surface area contributed by atoms with Gasteiger partial charge in [-0.1, -0.05) is 12.1 Å². The fraction of sp³-hybridized carbons (Fsp3) is 0.389. The highest BCUT2D eigenvalue weighted by atomic mass is 16.2. The van der Waals surface area contributed by atoms with Gasteiger partial charge in [-0.05, 0) is 12.1 Å². The van der Waals surface area contributed by atoms with Crippen LogP contribution in [-0.2, 0) is 16.0 Å². The van der Waals surface area contributed by atoms with Gasteiger partial charge in [0.05, 0.1) is 22.7 Å². The van der Waals surface area contributed by atoms with Crippen molar-refractivity contribution < 1.29 is 14.4 Å². The normalized spacial score (nSPS) is 21.8. The molecule has 0 spiro atoms. The van der Waals surface area contributed by atoms with Gasteiger partial charge in [0, 0.05) is 33.1 Å². The minimum absolute atomic E-state index is 0.213. The molecular weight excluding hydrogens is 350 g/mol. The summed E-state index contributed by atoms with van der Waals surface area (Å²) < 4.78 is 0. The number of likely N-dealkylation sites (tertiary alicyclic amines) is 2. The Morgan fingerprint density at radius 3 is 2.56 bits per heavy atom. The molecule has 3 heterocycles. The summed E-state index contributed by atoms with van der Waals surface area (Å²) >= 11 is 0. The van der Waals surface area contributed by atoms with Crippen molar-refractivity contribution in [1.29, 1.82) is 0 Å². The van der Waals surface area contributed by atoms with Crippen molar-refractivity contribution in [1.82, 2.24) is 25.1 Å². The average Bonchev–Trinajstić information content (AvgIpc) is 3.18. The molecule has 140 valence electrons. The predicted molar refractivity (Wildman–Crippen MR) is 95.8 cm³/mol. The van der Waals surface area contributed by atoms with Crippen LogP contribution < -0.4 is 10.9 Å². The van der Waals surface area contributed by atoms with Crippen LogP contribution in [-0.4, -0.2) is 64.3 Å². The zero-order valence-corrected chi connectivity index (χ0v) is 14.8. The number of hydrogen-bond acceptors (Lipinski definition) is 5. The van der Waals surface area contributed by atoms with Gasteiger partial charge in [0.2, 0.25) is 11.8 Å². The number of H-pyrrole nitrogens is 1. The largest absolute Gasteiger partial charge is 0.338 e. The van der Waals surface area contributed by atoms with Crippen molar-refractivity contribution in [3.8, 4) is 0 Å². The van der Waals surface area contributed by atoms with E-state index in [0.29, 0.717) is 23.1 Å². The highest BCUT2D eigenvalue weighted by Gasteiger charge is 2.51. The lowest BCUT2D eigenvalue weighted by atomic mass is 10.00. The number of urea groups is 1. The number of fused-ring (bicyclic) bond motifs is 2. The standard InChI is InChI=1S/C18H19N5O4/c1-22-16(25)11-8-23(9-12(11)17(22)26)18(27)19-7-6-14-20-13-5-3-2-4-10(13)15(24)21-14/h2-5,11-12H,6-9H2,1H3,(H,19,27)(H,20,21,24)/t11-,12+. The Morgan fingerprint density at radius 1 is 1.19 bits per heavy atom. The summed E-state index contributed by atoms with van der Waals surface area (Å²) in [5.74, 6) is -0.834. The molecule has 1 aromatic heterocycles. The Morgan fingerprint density at radius 2 is 1.85 bits per heavy atom. The van der Waals surface area contributed by atoms with Gasteiger partial charge >= 0.3 is 6.03 Å². The van der Waals surface area contributed by atoms with Crippen LogP contribution in [0, 0.1) is 11.8 Å². The summed E-state index contributed by atoms with van der Waals surface area (Å²) in [6.45, 7) is 0.778. The summed E-state index contributed by atoms with van der Waals surface area (Å²) in [6.07, 6.45) is 0.368. The second-order valence-electron chi connectivity index (χ2n) is 6.87. The van der Waals surface area contributed by atoms with Crippen LogP contribution in [0.5, 0.6) is 0 Å². The second-order valence-corrected chi connectivity index (χ2v) is 6.87. The van der Waals surface area contributed by atoms with Gasteiger partial charge < -0.3 is 15.2 Å². The topological polar surface area (TPSA) is 115 Å². The summed E-state index contributed by atoms with van der Waals surface area (Å²) in [4.78, 5) is 58.1. The van der Waals surface area contributed by atoms with Gasteiger partial charge in [0.15, 0.2) is 0 Å². The first-order valence-electron chi connectivity index (χ1n) is 8.78. The van der Waals surface area contributed by atoms with Gasteiger partial charge in [-0.15, -0.1) is 0 Å². The summed E-state index contributed by atoms with van der Waals surface area (Å²) in [5.41, 5.74) is 0.395. The number of aromatic nitrogens is 2. The minimum atomic E-state index is -0.438. The molecule has 27 heavy (non-hydrogen) atoms. The number of nitrogens with one attached hydrogen (secondary N) is 2. The van der Waals surface area contributed by atoms with Crippen molar-refractivity contribution in [2.24, 2.45) is 11.8 Å². The first kappa shape index (κ1) is 17.2. The maximum atomic E-state index is 12.3. The molecule has 2 aromatic rings. The molecule has 2 fully saturated rings. The first-order chi connectivity index (χ1) is 13.0. The molecular formula is C18H19N5O4. The van der Waals surface area contributed by atoms with E-state index in [1.807, 2.05) is 6.07 Å². The fourth-order valence-corrected chi connectivity index (χ4v) is 3.73. The van der Waals surface area contributed by atoms with E-state index in [9.17, 15) is 19.2 Å². The quantitative estimate of drug-likeness (QED) is 0.722. The number of hydrogen-bond donors (Lipinski definition) is 2. The van der Waals surface area contributed by atoms with E-state index in [4.69, 9.17) is 0 Å². The van der Waals surface area contributed by atoms with E-state index in [1.54, 1.807) is 18.2 Å². The minimum Gasteiger partial charge on any atom is -0.338 e. The zero-order valence-electron chi connectivity index (χ0n) is 14.8. The number of amides is 4. The third-order valence-corrected chi connectivity index (χ3v) is 5.20. The molecule has 4 amide bonds. The number of carbonyl (C=O) groups is 3. The monoisotopic (exact) mass is 369 g/mol. The van der Waals surface area contributed by atoms with Gasteiger partial charge in [-0.3, -0.25) is 19.3 Å². The zero-order chi connectivity index (χ0) is 19.1. The van der Waals surface area contributed by atoms with Crippen molar-refractivity contribution in [2.75, 3.05) is 26.7 Å². The number of rotatable bonds is 3. The van der Waals surface area contributed by atoms with Crippen LogP contribution in [0.2, 0.25) is 0 Å². The summed E-state index contributed by atoms with van der Waals surface area (Å²) in [6, 6.07) is 6.73. The van der Waals surface area contributed by atoms with Crippen LogP contribution in [0.4, 0.5) is 4.79 Å². The van der Waals surface area contributed by atoms with E-state index >= 15 is 0 Å². The lowest BCUT2D eigenvalue weighted by molar-refractivity contribution is -0.138. The summed E-state index contributed by atoms with van der Waals surface area (Å²) in [5, 5.41) is 3.28. The van der Waals surface area contributed by atoms with Gasteiger partial charge in [0.1, 0.15) is 5.82 Å². The van der Waals surface area contributed by atoms with Gasteiger partial charge in [0.25, 0.3) is 5.56 Å². The first-order valence-corrected chi connectivity index (χ1v) is 8.78. The number of aromatic amines is 1. The summed E-state index contributed by atoms with van der Waals surface area (Å²) in [7, 11) is 1.48. The molecule has 2 atom stereocenters. The van der Waals surface area contributed by atoms with Crippen LogP contribution in [0.25, 0.3) is 10.9 Å². The Balaban J connectivity index is 1.35. The third kappa shape index (κ3) is 2.94. The van der Waals surface area contributed by atoms with E-state index in [2.05, 4.69) is 15.3 Å². The predicted octanol–water partition coefficient (Wildman–Crippen LogP) is -0.278. The smallest absolute Gasteiger partial charge is 0.317 e. The van der Waals surface area contributed by atoms with Crippen molar-refractivity contribution in [2.45, 2.75) is 6.42 Å². The number of carbonyl (C=O) groups excluding carboxylic acids is 3. The fourth-order valence-electron chi connectivity index (χ4n) is 3.73. The van der Waals surface area contributed by atoms with Gasteiger partial charge in [-0.25, -0.2) is 9.78 Å². The molecule has 9 nitrogen and oxygen atoms in total. The lowest BCUT2D eigenvalue weighted by Crippen LogP contribution is -2.42. The maximum Gasteiger partial charge on any atom is 0.317 e.